The molecule has 5 heteroatoms. The maximum absolute atomic E-state index is 12.0. The van der Waals surface area contributed by atoms with Crippen LogP contribution in [0, 0.1) is 0 Å². The second-order valence-corrected chi connectivity index (χ2v) is 6.24. The third-order valence-electron chi connectivity index (χ3n) is 3.11. The smallest absolute Gasteiger partial charge is 0.230 e. The SMILES string of the molecule is CCOc1ccccc1-c1ccccc1CS(=O)CC(N)=O. The Morgan fingerprint density at radius 1 is 1.09 bits per heavy atom. The lowest BCUT2D eigenvalue weighted by Gasteiger charge is -2.13. The summed E-state index contributed by atoms with van der Waals surface area (Å²) in [5, 5.41) is 0. The molecule has 4 nitrogen and oxygen atoms in total. The van der Waals surface area contributed by atoms with Crippen molar-refractivity contribution >= 4 is 16.7 Å². The van der Waals surface area contributed by atoms with Gasteiger partial charge in [0, 0.05) is 22.1 Å². The van der Waals surface area contributed by atoms with Crippen LogP contribution in [0.15, 0.2) is 48.5 Å². The van der Waals surface area contributed by atoms with Crippen LogP contribution in [0.5, 0.6) is 5.75 Å². The van der Waals surface area contributed by atoms with Gasteiger partial charge in [-0.15, -0.1) is 0 Å². The summed E-state index contributed by atoms with van der Waals surface area (Å²) in [4.78, 5) is 10.9. The second-order valence-electron chi connectivity index (χ2n) is 4.78. The van der Waals surface area contributed by atoms with Crippen LogP contribution < -0.4 is 10.5 Å². The van der Waals surface area contributed by atoms with Gasteiger partial charge in [-0.05, 0) is 24.1 Å². The molecule has 0 saturated carbocycles. The summed E-state index contributed by atoms with van der Waals surface area (Å²) in [6, 6.07) is 15.4. The monoisotopic (exact) mass is 317 g/mol. The number of benzene rings is 2. The predicted octanol–water partition coefficient (Wildman–Crippen LogP) is 2.49. The van der Waals surface area contributed by atoms with Gasteiger partial charge >= 0.3 is 0 Å². The summed E-state index contributed by atoms with van der Waals surface area (Å²) >= 11 is 0. The van der Waals surface area contributed by atoms with Gasteiger partial charge in [-0.25, -0.2) is 0 Å². The second kappa shape index (κ2) is 7.75. The minimum Gasteiger partial charge on any atom is -0.493 e. The Hall–Kier alpha value is -2.14. The standard InChI is InChI=1S/C17H19NO3S/c1-2-21-16-10-6-5-9-15(16)14-8-4-3-7-13(14)11-22(20)12-17(18)19/h3-10H,2,11-12H2,1H3,(H2,18,19). The molecular weight excluding hydrogens is 298 g/mol. The van der Waals surface area contributed by atoms with Crippen LogP contribution in [0.4, 0.5) is 0 Å². The molecule has 0 saturated heterocycles. The van der Waals surface area contributed by atoms with Gasteiger partial charge in [-0.3, -0.25) is 9.00 Å². The Balaban J connectivity index is 2.36. The Morgan fingerprint density at radius 2 is 1.73 bits per heavy atom. The van der Waals surface area contributed by atoms with E-state index in [0.717, 1.165) is 22.4 Å². The average molecular weight is 317 g/mol. The van der Waals surface area contributed by atoms with Crippen molar-refractivity contribution in [1.82, 2.24) is 0 Å². The minimum absolute atomic E-state index is 0.124. The van der Waals surface area contributed by atoms with Crippen LogP contribution in [-0.4, -0.2) is 22.5 Å². The van der Waals surface area contributed by atoms with E-state index in [1.54, 1.807) is 0 Å². The molecule has 2 aromatic carbocycles. The maximum Gasteiger partial charge on any atom is 0.230 e. The number of rotatable bonds is 7. The first kappa shape index (κ1) is 16.2. The van der Waals surface area contributed by atoms with E-state index in [0.29, 0.717) is 12.4 Å². The van der Waals surface area contributed by atoms with E-state index < -0.39 is 16.7 Å². The number of hydrogen-bond donors (Lipinski definition) is 1. The van der Waals surface area contributed by atoms with Gasteiger partial charge in [0.2, 0.25) is 5.91 Å². The summed E-state index contributed by atoms with van der Waals surface area (Å²) in [5.74, 6) is 0.407. The van der Waals surface area contributed by atoms with E-state index in [1.165, 1.54) is 0 Å². The number of carbonyl (C=O) groups is 1. The Morgan fingerprint density at radius 3 is 2.41 bits per heavy atom. The topological polar surface area (TPSA) is 69.4 Å². The normalized spacial score (nSPS) is 11.9. The van der Waals surface area contributed by atoms with Crippen LogP contribution in [0.2, 0.25) is 0 Å². The van der Waals surface area contributed by atoms with Gasteiger partial charge in [0.15, 0.2) is 0 Å². The van der Waals surface area contributed by atoms with E-state index in [9.17, 15) is 9.00 Å². The molecule has 116 valence electrons. The van der Waals surface area contributed by atoms with Crippen molar-refractivity contribution < 1.29 is 13.7 Å². The largest absolute Gasteiger partial charge is 0.493 e. The molecule has 0 bridgehead atoms. The zero-order chi connectivity index (χ0) is 15.9. The van der Waals surface area contributed by atoms with Gasteiger partial charge in [-0.2, -0.15) is 0 Å². The van der Waals surface area contributed by atoms with E-state index in [2.05, 4.69) is 0 Å². The van der Waals surface area contributed by atoms with Crippen LogP contribution in [0.1, 0.15) is 12.5 Å². The number of primary amides is 1. The van der Waals surface area contributed by atoms with E-state index >= 15 is 0 Å². The van der Waals surface area contributed by atoms with Crippen molar-refractivity contribution in [3.63, 3.8) is 0 Å². The van der Waals surface area contributed by atoms with Gasteiger partial charge < -0.3 is 10.5 Å². The molecule has 1 atom stereocenters. The van der Waals surface area contributed by atoms with Crippen molar-refractivity contribution in [3.8, 4) is 16.9 Å². The number of amides is 1. The molecule has 1 unspecified atom stereocenters. The van der Waals surface area contributed by atoms with Crippen LogP contribution in [0.25, 0.3) is 11.1 Å². The third-order valence-corrected chi connectivity index (χ3v) is 4.35. The van der Waals surface area contributed by atoms with Crippen LogP contribution in [0.3, 0.4) is 0 Å². The zero-order valence-electron chi connectivity index (χ0n) is 12.5. The molecular formula is C17H19NO3S. The summed E-state index contributed by atoms with van der Waals surface area (Å²) in [6.45, 7) is 2.51. The Kier molecular flexibility index (Phi) is 5.72. The molecule has 22 heavy (non-hydrogen) atoms. The van der Waals surface area contributed by atoms with Gasteiger partial charge in [0.1, 0.15) is 11.5 Å². The fraction of sp³-hybridized carbons (Fsp3) is 0.235. The summed E-state index contributed by atoms with van der Waals surface area (Å²) < 4.78 is 17.7. The van der Waals surface area contributed by atoms with E-state index in [4.69, 9.17) is 10.5 Å². The third kappa shape index (κ3) is 4.18. The molecule has 2 rings (SSSR count). The Labute approximate surface area is 132 Å². The highest BCUT2D eigenvalue weighted by Gasteiger charge is 2.13. The molecule has 0 spiro atoms. The maximum atomic E-state index is 12.0. The first-order chi connectivity index (χ1) is 10.6. The fourth-order valence-corrected chi connectivity index (χ4v) is 3.28. The molecule has 1 amide bonds. The number of para-hydroxylation sites is 1. The minimum atomic E-state index is -1.31. The molecule has 0 aliphatic heterocycles. The van der Waals surface area contributed by atoms with Gasteiger partial charge in [-0.1, -0.05) is 42.5 Å². The van der Waals surface area contributed by atoms with Crippen molar-refractivity contribution in [3.05, 3.63) is 54.1 Å². The molecule has 0 aliphatic carbocycles. The highest BCUT2D eigenvalue weighted by atomic mass is 32.2. The molecule has 0 heterocycles. The summed E-state index contributed by atoms with van der Waals surface area (Å²) in [7, 11) is -1.31. The first-order valence-electron chi connectivity index (χ1n) is 7.05. The fourth-order valence-electron chi connectivity index (χ4n) is 2.26. The molecule has 2 aromatic rings. The number of hydrogen-bond acceptors (Lipinski definition) is 3. The zero-order valence-corrected chi connectivity index (χ0v) is 13.3. The molecule has 2 N–H and O–H groups in total. The van der Waals surface area contributed by atoms with Crippen LogP contribution >= 0.6 is 0 Å². The highest BCUT2D eigenvalue weighted by Crippen LogP contribution is 2.32. The van der Waals surface area contributed by atoms with Gasteiger partial charge in [0.25, 0.3) is 0 Å². The van der Waals surface area contributed by atoms with Crippen molar-refractivity contribution in [2.75, 3.05) is 12.4 Å². The van der Waals surface area contributed by atoms with Crippen molar-refractivity contribution in [2.24, 2.45) is 5.73 Å². The molecule has 0 aliphatic rings. The predicted molar refractivity (Wildman–Crippen MR) is 89.0 cm³/mol. The van der Waals surface area contributed by atoms with Crippen molar-refractivity contribution in [2.45, 2.75) is 12.7 Å². The first-order valence-corrected chi connectivity index (χ1v) is 8.54. The number of nitrogens with two attached hydrogens (primary N) is 1. The van der Waals surface area contributed by atoms with E-state index in [1.807, 2.05) is 55.5 Å². The summed E-state index contributed by atoms with van der Waals surface area (Å²) in [6.07, 6.45) is 0. The quantitative estimate of drug-likeness (QED) is 0.853. The summed E-state index contributed by atoms with van der Waals surface area (Å²) in [5.41, 5.74) is 7.94. The lowest BCUT2D eigenvalue weighted by Crippen LogP contribution is -2.20. The van der Waals surface area contributed by atoms with E-state index in [-0.39, 0.29) is 5.75 Å². The average Bonchev–Trinajstić information content (AvgIpc) is 2.48. The number of ether oxygens (including phenoxy) is 1. The lowest BCUT2D eigenvalue weighted by atomic mass is 10.00. The Bertz CT molecular complexity index is 685. The molecule has 0 aromatic heterocycles. The van der Waals surface area contributed by atoms with Gasteiger partial charge in [0.05, 0.1) is 6.61 Å². The highest BCUT2D eigenvalue weighted by molar-refractivity contribution is 7.84. The molecule has 0 fully saturated rings. The number of carbonyl (C=O) groups excluding carboxylic acids is 1. The lowest BCUT2D eigenvalue weighted by molar-refractivity contribution is -0.115. The van der Waals surface area contributed by atoms with Crippen LogP contribution in [-0.2, 0) is 21.3 Å². The molecule has 0 radical (unpaired) electrons. The van der Waals surface area contributed by atoms with Crippen molar-refractivity contribution in [1.29, 1.82) is 0 Å².